The number of nitrogens with zero attached hydrogens (tertiary/aromatic N) is 5. The highest BCUT2D eigenvalue weighted by molar-refractivity contribution is 5.40. The molecule has 1 saturated heterocycles. The van der Waals surface area contributed by atoms with Crippen LogP contribution in [-0.2, 0) is 7.05 Å². The lowest BCUT2D eigenvalue weighted by atomic mass is 10.0. The second-order valence-electron chi connectivity index (χ2n) is 7.10. The maximum absolute atomic E-state index is 12.5. The molecule has 1 unspecified atom stereocenters. The fraction of sp³-hybridized carbons (Fsp3) is 0.556. The molecule has 1 aliphatic carbocycles. The molecule has 26 heavy (non-hydrogen) atoms. The molecule has 138 valence electrons. The van der Waals surface area contributed by atoms with E-state index in [0.29, 0.717) is 18.4 Å². The largest absolute Gasteiger partial charge is 0.363 e. The summed E-state index contributed by atoms with van der Waals surface area (Å²) in [5.74, 6) is 1.22. The Morgan fingerprint density at radius 2 is 2.04 bits per heavy atom. The van der Waals surface area contributed by atoms with Gasteiger partial charge in [-0.15, -0.1) is 0 Å². The quantitative estimate of drug-likeness (QED) is 0.865. The molecular formula is C18H24N6O2. The molecule has 2 aromatic heterocycles. The molecule has 0 aromatic carbocycles. The fourth-order valence-electron chi connectivity index (χ4n) is 3.56. The van der Waals surface area contributed by atoms with E-state index in [0.717, 1.165) is 44.5 Å². The van der Waals surface area contributed by atoms with E-state index in [1.54, 1.807) is 36.1 Å². The number of nitrogens with one attached hydrogen (secondary N) is 1. The monoisotopic (exact) mass is 356 g/mol. The number of piperidine rings is 1. The topological polar surface area (TPSA) is 85.1 Å². The summed E-state index contributed by atoms with van der Waals surface area (Å²) in [4.78, 5) is 30.6. The van der Waals surface area contributed by atoms with Gasteiger partial charge in [-0.25, -0.2) is 9.67 Å². The zero-order valence-corrected chi connectivity index (χ0v) is 15.0. The van der Waals surface area contributed by atoms with Gasteiger partial charge >= 0.3 is 0 Å². The minimum absolute atomic E-state index is 0.0439. The smallest absolute Gasteiger partial charge is 0.293 e. The normalized spacial score (nSPS) is 20.2. The molecule has 0 radical (unpaired) electrons. The van der Waals surface area contributed by atoms with Crippen molar-refractivity contribution in [1.29, 1.82) is 0 Å². The van der Waals surface area contributed by atoms with E-state index in [2.05, 4.69) is 20.3 Å². The molecule has 0 bridgehead atoms. The van der Waals surface area contributed by atoms with Crippen LogP contribution in [0.2, 0.25) is 0 Å². The molecular weight excluding hydrogens is 332 g/mol. The van der Waals surface area contributed by atoms with E-state index >= 15 is 0 Å². The van der Waals surface area contributed by atoms with Crippen LogP contribution in [0.3, 0.4) is 0 Å². The molecule has 3 heterocycles. The third-order valence-electron chi connectivity index (χ3n) is 5.18. The Hall–Kier alpha value is -2.64. The molecule has 2 aromatic rings. The van der Waals surface area contributed by atoms with Crippen LogP contribution in [-0.4, -0.2) is 38.5 Å². The Morgan fingerprint density at radius 1 is 1.19 bits per heavy atom. The van der Waals surface area contributed by atoms with Gasteiger partial charge in [-0.2, -0.15) is 5.10 Å². The van der Waals surface area contributed by atoms with Crippen molar-refractivity contribution < 1.29 is 0 Å². The maximum Gasteiger partial charge on any atom is 0.293 e. The van der Waals surface area contributed by atoms with Crippen LogP contribution in [0.25, 0.3) is 0 Å². The van der Waals surface area contributed by atoms with Gasteiger partial charge in [0.15, 0.2) is 5.82 Å². The molecule has 8 heteroatoms. The van der Waals surface area contributed by atoms with Crippen molar-refractivity contribution in [2.75, 3.05) is 23.3 Å². The molecule has 2 aliphatic rings. The van der Waals surface area contributed by atoms with Gasteiger partial charge in [0.05, 0.1) is 0 Å². The highest BCUT2D eigenvalue weighted by Gasteiger charge is 2.27. The van der Waals surface area contributed by atoms with Crippen LogP contribution in [0, 0.1) is 0 Å². The van der Waals surface area contributed by atoms with Crippen molar-refractivity contribution in [3.63, 3.8) is 0 Å². The Balaban J connectivity index is 1.51. The molecule has 8 nitrogen and oxygen atoms in total. The third kappa shape index (κ3) is 3.36. The maximum atomic E-state index is 12.5. The Kier molecular flexibility index (Phi) is 4.48. The summed E-state index contributed by atoms with van der Waals surface area (Å²) in [6, 6.07) is 3.88. The number of aromatic nitrogens is 4. The van der Waals surface area contributed by atoms with Gasteiger partial charge < -0.3 is 14.8 Å². The predicted molar refractivity (Wildman–Crippen MR) is 99.7 cm³/mol. The summed E-state index contributed by atoms with van der Waals surface area (Å²) in [6.45, 7) is 1.52. The van der Waals surface area contributed by atoms with Crippen molar-refractivity contribution >= 4 is 11.6 Å². The zero-order valence-electron chi connectivity index (χ0n) is 15.0. The van der Waals surface area contributed by atoms with E-state index in [4.69, 9.17) is 0 Å². The SMILES string of the molecule is Cn1nc(N2CCCCC2CNc2nccn(C3CC3)c2=O)ccc1=O. The Labute approximate surface area is 151 Å². The average Bonchev–Trinajstić information content (AvgIpc) is 3.48. The molecule has 1 N–H and O–H groups in total. The first-order chi connectivity index (χ1) is 12.6. The van der Waals surface area contributed by atoms with E-state index in [1.807, 2.05) is 0 Å². The molecule has 4 rings (SSSR count). The molecule has 1 saturated carbocycles. The van der Waals surface area contributed by atoms with Crippen LogP contribution in [0.1, 0.15) is 38.1 Å². The van der Waals surface area contributed by atoms with Gasteiger partial charge in [0, 0.05) is 50.7 Å². The lowest BCUT2D eigenvalue weighted by molar-refractivity contribution is 0.464. The van der Waals surface area contributed by atoms with Crippen LogP contribution in [0.15, 0.2) is 34.1 Å². The van der Waals surface area contributed by atoms with Crippen LogP contribution in [0.4, 0.5) is 11.6 Å². The molecule has 1 aliphatic heterocycles. The van der Waals surface area contributed by atoms with Gasteiger partial charge in [0.25, 0.3) is 11.1 Å². The van der Waals surface area contributed by atoms with Crippen molar-refractivity contribution in [3.05, 3.63) is 45.2 Å². The van der Waals surface area contributed by atoms with Crippen molar-refractivity contribution in [2.45, 2.75) is 44.2 Å². The Morgan fingerprint density at radius 3 is 2.81 bits per heavy atom. The number of hydrogen-bond donors (Lipinski definition) is 1. The van der Waals surface area contributed by atoms with Crippen LogP contribution in [0.5, 0.6) is 0 Å². The summed E-state index contributed by atoms with van der Waals surface area (Å²) in [7, 11) is 1.66. The standard InChI is InChI=1S/C18H24N6O2/c1-22-16(25)8-7-15(21-22)23-10-3-2-4-14(23)12-20-17-18(26)24(11-9-19-17)13-5-6-13/h7-9,11,13-14H,2-6,10,12H2,1H3,(H,19,20). The highest BCUT2D eigenvalue weighted by atomic mass is 16.1. The Bertz CT molecular complexity index is 901. The van der Waals surface area contributed by atoms with Crippen LogP contribution < -0.4 is 21.3 Å². The summed E-state index contributed by atoms with van der Waals surface area (Å²) >= 11 is 0. The molecule has 2 fully saturated rings. The summed E-state index contributed by atoms with van der Waals surface area (Å²) in [5, 5.41) is 7.63. The van der Waals surface area contributed by atoms with Crippen molar-refractivity contribution in [1.82, 2.24) is 19.3 Å². The molecule has 1 atom stereocenters. The van der Waals surface area contributed by atoms with E-state index in [-0.39, 0.29) is 17.2 Å². The van der Waals surface area contributed by atoms with Gasteiger partial charge in [-0.05, 0) is 38.2 Å². The van der Waals surface area contributed by atoms with Gasteiger partial charge in [0.2, 0.25) is 0 Å². The average molecular weight is 356 g/mol. The van der Waals surface area contributed by atoms with Gasteiger partial charge in [0.1, 0.15) is 5.82 Å². The molecule has 0 amide bonds. The van der Waals surface area contributed by atoms with Gasteiger partial charge in [-0.1, -0.05) is 0 Å². The lowest BCUT2D eigenvalue weighted by Crippen LogP contribution is -2.45. The number of aryl methyl sites for hydroxylation is 1. The summed E-state index contributed by atoms with van der Waals surface area (Å²) < 4.78 is 3.14. The third-order valence-corrected chi connectivity index (χ3v) is 5.18. The number of hydrogen-bond acceptors (Lipinski definition) is 6. The zero-order chi connectivity index (χ0) is 18.1. The number of anilines is 2. The minimum atomic E-state index is -0.116. The van der Waals surface area contributed by atoms with Crippen molar-refractivity contribution in [3.8, 4) is 0 Å². The molecule has 0 spiro atoms. The summed E-state index contributed by atoms with van der Waals surface area (Å²) in [5.41, 5.74) is -0.160. The highest BCUT2D eigenvalue weighted by Crippen LogP contribution is 2.33. The van der Waals surface area contributed by atoms with Gasteiger partial charge in [-0.3, -0.25) is 9.59 Å². The number of rotatable bonds is 5. The first kappa shape index (κ1) is 16.8. The second kappa shape index (κ2) is 6.93. The van der Waals surface area contributed by atoms with Crippen LogP contribution >= 0.6 is 0 Å². The summed E-state index contributed by atoms with van der Waals surface area (Å²) in [6.07, 6.45) is 8.85. The second-order valence-corrected chi connectivity index (χ2v) is 7.10. The fourth-order valence-corrected chi connectivity index (χ4v) is 3.56. The first-order valence-electron chi connectivity index (χ1n) is 9.25. The van der Waals surface area contributed by atoms with Crippen molar-refractivity contribution in [2.24, 2.45) is 7.05 Å². The minimum Gasteiger partial charge on any atom is -0.363 e. The van der Waals surface area contributed by atoms with E-state index in [1.165, 1.54) is 4.68 Å². The van der Waals surface area contributed by atoms with E-state index < -0.39 is 0 Å². The first-order valence-corrected chi connectivity index (χ1v) is 9.25. The van der Waals surface area contributed by atoms with E-state index in [9.17, 15) is 9.59 Å². The lowest BCUT2D eigenvalue weighted by Gasteiger charge is -2.36. The predicted octanol–water partition coefficient (Wildman–Crippen LogP) is 1.14.